The van der Waals surface area contributed by atoms with Crippen molar-refractivity contribution >= 4 is 22.7 Å². The molecule has 0 atom stereocenters. The van der Waals surface area contributed by atoms with Crippen molar-refractivity contribution < 1.29 is 9.47 Å². The van der Waals surface area contributed by atoms with Gasteiger partial charge in [-0.2, -0.15) is 4.98 Å². The lowest BCUT2D eigenvalue weighted by molar-refractivity contribution is 0.356. The van der Waals surface area contributed by atoms with Crippen molar-refractivity contribution in [3.63, 3.8) is 0 Å². The van der Waals surface area contributed by atoms with Crippen molar-refractivity contribution in [3.05, 3.63) is 24.0 Å². The van der Waals surface area contributed by atoms with Crippen molar-refractivity contribution in [3.8, 4) is 11.5 Å². The Kier molecular flexibility index (Phi) is 10.8. The molecule has 0 spiro atoms. The van der Waals surface area contributed by atoms with Crippen LogP contribution in [0.2, 0.25) is 0 Å². The molecule has 1 aliphatic heterocycles. The first-order valence-corrected chi connectivity index (χ1v) is 15.2. The van der Waals surface area contributed by atoms with Gasteiger partial charge in [0, 0.05) is 50.2 Å². The van der Waals surface area contributed by atoms with E-state index in [2.05, 4.69) is 36.5 Å². The topological polar surface area (TPSA) is 126 Å². The molecule has 3 heterocycles. The average molecular weight is 567 g/mol. The molecule has 0 amide bonds. The van der Waals surface area contributed by atoms with E-state index in [1.165, 1.54) is 38.5 Å². The zero-order chi connectivity index (χ0) is 28.3. The molecule has 12 heteroatoms. The molecule has 1 aromatic carbocycles. The molecule has 41 heavy (non-hydrogen) atoms. The number of ether oxygens (including phenoxy) is 2. The second-order valence-electron chi connectivity index (χ2n) is 10.9. The number of piperazine rings is 1. The Bertz CT molecular complexity index is 1220. The Morgan fingerprint density at radius 2 is 1.73 bits per heavy atom. The maximum atomic E-state index is 5.55. The lowest BCUT2D eigenvalue weighted by Gasteiger charge is -2.28. The first-order valence-electron chi connectivity index (χ1n) is 15.2. The van der Waals surface area contributed by atoms with E-state index < -0.39 is 0 Å². The second kappa shape index (κ2) is 15.1. The van der Waals surface area contributed by atoms with Crippen LogP contribution in [0.4, 0.5) is 11.8 Å². The van der Waals surface area contributed by atoms with Crippen LogP contribution in [-0.2, 0) is 13.1 Å². The second-order valence-corrected chi connectivity index (χ2v) is 10.9. The molecule has 0 unspecified atom stereocenters. The molecular weight excluding hydrogens is 520 g/mol. The van der Waals surface area contributed by atoms with Gasteiger partial charge in [-0.05, 0) is 51.4 Å². The molecule has 4 N–H and O–H groups in total. The summed E-state index contributed by atoms with van der Waals surface area (Å²) in [5, 5.41) is 23.7. The zero-order valence-electron chi connectivity index (χ0n) is 24.6. The van der Waals surface area contributed by atoms with Gasteiger partial charge in [-0.25, -0.2) is 4.98 Å². The Morgan fingerprint density at radius 3 is 2.54 bits per heavy atom. The van der Waals surface area contributed by atoms with Crippen LogP contribution in [0.25, 0.3) is 10.9 Å². The highest BCUT2D eigenvalue weighted by atomic mass is 16.5. The number of aromatic nitrogens is 5. The van der Waals surface area contributed by atoms with E-state index in [1.54, 1.807) is 14.2 Å². The third-order valence-electron chi connectivity index (χ3n) is 7.92. The fourth-order valence-electron chi connectivity index (χ4n) is 5.60. The number of rotatable bonds is 15. The van der Waals surface area contributed by atoms with Crippen molar-refractivity contribution in [2.75, 3.05) is 70.2 Å². The SMILES string of the molecule is COc1cc2nc(N3CCNCC3)nc(NCc3cn(CCCNCCCNC4CCCCC4)nn3)c2cc1OC. The summed E-state index contributed by atoms with van der Waals surface area (Å²) in [5.41, 5.74) is 1.66. The van der Waals surface area contributed by atoms with E-state index in [0.29, 0.717) is 24.0 Å². The number of benzene rings is 1. The van der Waals surface area contributed by atoms with E-state index in [1.807, 2.05) is 23.0 Å². The number of hydrogen-bond acceptors (Lipinski definition) is 11. The molecule has 224 valence electrons. The van der Waals surface area contributed by atoms with Gasteiger partial charge in [0.1, 0.15) is 11.5 Å². The molecule has 2 aliphatic rings. The van der Waals surface area contributed by atoms with Gasteiger partial charge in [0.2, 0.25) is 5.95 Å². The van der Waals surface area contributed by atoms with Crippen LogP contribution < -0.4 is 35.6 Å². The standard InChI is InChI=1S/C29H46N10O2/c1-40-26-18-24-25(19-27(26)41-2)34-29(38-16-13-31-14-17-38)35-28(24)33-20-23-21-39(37-36-23)15-7-11-30-10-6-12-32-22-8-4-3-5-9-22/h18-19,21-22,30-32H,3-17,20H2,1-2H3,(H,33,34,35). The van der Waals surface area contributed by atoms with E-state index in [9.17, 15) is 0 Å². The molecule has 2 fully saturated rings. The van der Waals surface area contributed by atoms with Crippen molar-refractivity contribution in [1.29, 1.82) is 0 Å². The fraction of sp³-hybridized carbons (Fsp3) is 0.655. The van der Waals surface area contributed by atoms with Gasteiger partial charge in [0.25, 0.3) is 0 Å². The van der Waals surface area contributed by atoms with Gasteiger partial charge in [-0.15, -0.1) is 5.10 Å². The van der Waals surface area contributed by atoms with Gasteiger partial charge in [-0.3, -0.25) is 4.68 Å². The Balaban J connectivity index is 1.12. The number of nitrogens with zero attached hydrogens (tertiary/aromatic N) is 6. The lowest BCUT2D eigenvalue weighted by atomic mass is 9.95. The van der Waals surface area contributed by atoms with Gasteiger partial charge in [0.15, 0.2) is 11.5 Å². The zero-order valence-corrected chi connectivity index (χ0v) is 24.6. The molecule has 12 nitrogen and oxygen atoms in total. The molecule has 3 aromatic rings. The lowest BCUT2D eigenvalue weighted by Crippen LogP contribution is -2.44. The molecule has 1 saturated carbocycles. The van der Waals surface area contributed by atoms with Crippen LogP contribution in [-0.4, -0.2) is 91.0 Å². The smallest absolute Gasteiger partial charge is 0.227 e. The average Bonchev–Trinajstić information content (AvgIpc) is 3.48. The number of methoxy groups -OCH3 is 2. The summed E-state index contributed by atoms with van der Waals surface area (Å²) in [7, 11) is 3.27. The van der Waals surface area contributed by atoms with Gasteiger partial charge < -0.3 is 35.6 Å². The summed E-state index contributed by atoms with van der Waals surface area (Å²) in [6.45, 7) is 8.01. The van der Waals surface area contributed by atoms with Gasteiger partial charge in [0.05, 0.1) is 32.5 Å². The third-order valence-corrected chi connectivity index (χ3v) is 7.92. The number of fused-ring (bicyclic) bond motifs is 1. The minimum atomic E-state index is 0.508. The Morgan fingerprint density at radius 1 is 0.951 bits per heavy atom. The molecule has 2 aromatic heterocycles. The number of nitrogens with one attached hydrogen (secondary N) is 4. The van der Waals surface area contributed by atoms with E-state index in [-0.39, 0.29) is 0 Å². The summed E-state index contributed by atoms with van der Waals surface area (Å²) in [5.74, 6) is 2.72. The highest BCUT2D eigenvalue weighted by Gasteiger charge is 2.18. The van der Waals surface area contributed by atoms with Crippen LogP contribution in [0.5, 0.6) is 11.5 Å². The predicted molar refractivity (Wildman–Crippen MR) is 162 cm³/mol. The first-order chi connectivity index (χ1) is 20.2. The highest BCUT2D eigenvalue weighted by molar-refractivity contribution is 5.92. The molecule has 0 radical (unpaired) electrons. The number of hydrogen-bond donors (Lipinski definition) is 4. The summed E-state index contributed by atoms with van der Waals surface area (Å²) < 4.78 is 13.0. The maximum Gasteiger partial charge on any atom is 0.227 e. The minimum absolute atomic E-state index is 0.508. The van der Waals surface area contributed by atoms with Crippen LogP contribution in [0.1, 0.15) is 50.6 Å². The van der Waals surface area contributed by atoms with E-state index in [0.717, 1.165) is 87.2 Å². The summed E-state index contributed by atoms with van der Waals surface area (Å²) in [4.78, 5) is 12.0. The van der Waals surface area contributed by atoms with E-state index >= 15 is 0 Å². The third kappa shape index (κ3) is 8.17. The number of anilines is 2. The molecule has 0 bridgehead atoms. The maximum absolute atomic E-state index is 5.55. The first kappa shape index (κ1) is 29.3. The van der Waals surface area contributed by atoms with Crippen LogP contribution >= 0.6 is 0 Å². The van der Waals surface area contributed by atoms with Crippen LogP contribution in [0.3, 0.4) is 0 Å². The molecule has 5 rings (SSSR count). The Labute approximate surface area is 243 Å². The largest absolute Gasteiger partial charge is 0.493 e. The summed E-state index contributed by atoms with van der Waals surface area (Å²) >= 11 is 0. The quantitative estimate of drug-likeness (QED) is 0.203. The highest BCUT2D eigenvalue weighted by Crippen LogP contribution is 2.35. The van der Waals surface area contributed by atoms with Crippen LogP contribution in [0.15, 0.2) is 18.3 Å². The van der Waals surface area contributed by atoms with Gasteiger partial charge in [-0.1, -0.05) is 24.5 Å². The number of aryl methyl sites for hydroxylation is 1. The van der Waals surface area contributed by atoms with Crippen LogP contribution in [0, 0.1) is 0 Å². The van der Waals surface area contributed by atoms with Gasteiger partial charge >= 0.3 is 0 Å². The van der Waals surface area contributed by atoms with Crippen molar-refractivity contribution in [2.45, 2.75) is 64.1 Å². The normalized spacial score (nSPS) is 16.3. The molecule has 1 saturated heterocycles. The van der Waals surface area contributed by atoms with Crippen molar-refractivity contribution in [1.82, 2.24) is 40.9 Å². The Hall–Kier alpha value is -3.22. The minimum Gasteiger partial charge on any atom is -0.493 e. The molecule has 1 aliphatic carbocycles. The summed E-state index contributed by atoms with van der Waals surface area (Å²) in [6.07, 6.45) is 11.1. The molecular formula is C29H46N10O2. The van der Waals surface area contributed by atoms with E-state index in [4.69, 9.17) is 19.4 Å². The fourth-order valence-corrected chi connectivity index (χ4v) is 5.60. The predicted octanol–water partition coefficient (Wildman–Crippen LogP) is 2.55. The summed E-state index contributed by atoms with van der Waals surface area (Å²) in [6, 6.07) is 4.58. The van der Waals surface area contributed by atoms with Crippen molar-refractivity contribution in [2.24, 2.45) is 0 Å². The monoisotopic (exact) mass is 566 g/mol.